The van der Waals surface area contributed by atoms with Gasteiger partial charge < -0.3 is 15.4 Å². The van der Waals surface area contributed by atoms with Crippen LogP contribution in [-0.2, 0) is 0 Å². The van der Waals surface area contributed by atoms with E-state index >= 15 is 0 Å². The van der Waals surface area contributed by atoms with E-state index in [0.717, 1.165) is 28.4 Å². The molecular formula is C20H19N3O2. The standard InChI is InChI=1S/C20H19N3O2/c1-14-6-5-7-15(12-14)23-20(24)18-11-10-16(13-21-18)22-17-8-3-4-9-19(17)25-2/h3-13,22H,1-2H3,(H,23,24). The molecule has 0 spiro atoms. The van der Waals surface area contributed by atoms with Crippen LogP contribution in [0.4, 0.5) is 17.1 Å². The minimum Gasteiger partial charge on any atom is -0.495 e. The Balaban J connectivity index is 1.70. The number of hydrogen-bond acceptors (Lipinski definition) is 4. The van der Waals surface area contributed by atoms with E-state index in [1.807, 2.05) is 61.5 Å². The van der Waals surface area contributed by atoms with Crippen LogP contribution in [0.3, 0.4) is 0 Å². The molecule has 1 amide bonds. The van der Waals surface area contributed by atoms with Crippen LogP contribution in [0.1, 0.15) is 16.1 Å². The maximum Gasteiger partial charge on any atom is 0.274 e. The molecule has 0 bridgehead atoms. The smallest absolute Gasteiger partial charge is 0.274 e. The fraction of sp³-hybridized carbons (Fsp3) is 0.100. The average Bonchev–Trinajstić information content (AvgIpc) is 2.63. The number of pyridine rings is 1. The van der Waals surface area contributed by atoms with E-state index in [4.69, 9.17) is 4.74 Å². The number of benzene rings is 2. The second-order valence-electron chi connectivity index (χ2n) is 5.58. The van der Waals surface area contributed by atoms with E-state index in [1.165, 1.54) is 0 Å². The second-order valence-corrected chi connectivity index (χ2v) is 5.58. The first kappa shape index (κ1) is 16.5. The first-order valence-corrected chi connectivity index (χ1v) is 7.90. The Morgan fingerprint density at radius 1 is 1.00 bits per heavy atom. The molecule has 0 fully saturated rings. The van der Waals surface area contributed by atoms with Crippen molar-refractivity contribution in [3.05, 3.63) is 78.1 Å². The highest BCUT2D eigenvalue weighted by Gasteiger charge is 2.08. The molecule has 5 nitrogen and oxygen atoms in total. The van der Waals surface area contributed by atoms with E-state index in [9.17, 15) is 4.79 Å². The van der Waals surface area contributed by atoms with Crippen molar-refractivity contribution in [3.8, 4) is 5.75 Å². The number of anilines is 3. The number of nitrogens with one attached hydrogen (secondary N) is 2. The Labute approximate surface area is 146 Å². The first-order valence-electron chi connectivity index (χ1n) is 7.90. The van der Waals surface area contributed by atoms with Gasteiger partial charge >= 0.3 is 0 Å². The summed E-state index contributed by atoms with van der Waals surface area (Å²) < 4.78 is 5.31. The van der Waals surface area contributed by atoms with E-state index in [0.29, 0.717) is 5.69 Å². The summed E-state index contributed by atoms with van der Waals surface area (Å²) >= 11 is 0. The number of ether oxygens (including phenoxy) is 1. The lowest BCUT2D eigenvalue weighted by molar-refractivity contribution is 0.102. The summed E-state index contributed by atoms with van der Waals surface area (Å²) in [6.07, 6.45) is 1.62. The Bertz CT molecular complexity index is 876. The largest absolute Gasteiger partial charge is 0.495 e. The zero-order chi connectivity index (χ0) is 17.6. The maximum atomic E-state index is 12.3. The van der Waals surface area contributed by atoms with Gasteiger partial charge in [0.1, 0.15) is 11.4 Å². The molecule has 0 aliphatic rings. The highest BCUT2D eigenvalue weighted by molar-refractivity contribution is 6.03. The van der Waals surface area contributed by atoms with Crippen molar-refractivity contribution in [2.24, 2.45) is 0 Å². The van der Waals surface area contributed by atoms with E-state index in [1.54, 1.807) is 19.4 Å². The van der Waals surface area contributed by atoms with Gasteiger partial charge in [-0.3, -0.25) is 4.79 Å². The van der Waals surface area contributed by atoms with Crippen molar-refractivity contribution >= 4 is 23.0 Å². The lowest BCUT2D eigenvalue weighted by Crippen LogP contribution is -2.13. The van der Waals surface area contributed by atoms with Gasteiger partial charge in [0, 0.05) is 5.69 Å². The number of amides is 1. The molecule has 25 heavy (non-hydrogen) atoms. The third kappa shape index (κ3) is 4.14. The molecule has 0 radical (unpaired) electrons. The average molecular weight is 333 g/mol. The van der Waals surface area contributed by atoms with Gasteiger partial charge in [0.05, 0.1) is 24.7 Å². The number of hydrogen-bond donors (Lipinski definition) is 2. The molecule has 0 aliphatic carbocycles. The Morgan fingerprint density at radius 2 is 1.84 bits per heavy atom. The molecule has 0 unspecified atom stereocenters. The molecule has 1 heterocycles. The van der Waals surface area contributed by atoms with Crippen molar-refractivity contribution in [1.29, 1.82) is 0 Å². The van der Waals surface area contributed by atoms with Gasteiger partial charge in [-0.1, -0.05) is 24.3 Å². The maximum absolute atomic E-state index is 12.3. The Morgan fingerprint density at radius 3 is 2.56 bits per heavy atom. The lowest BCUT2D eigenvalue weighted by atomic mass is 10.2. The molecule has 0 atom stereocenters. The van der Waals surface area contributed by atoms with Crippen molar-refractivity contribution in [2.45, 2.75) is 6.92 Å². The third-order valence-corrected chi connectivity index (χ3v) is 3.66. The van der Waals surface area contributed by atoms with Crippen LogP contribution in [0.25, 0.3) is 0 Å². The van der Waals surface area contributed by atoms with Crippen LogP contribution < -0.4 is 15.4 Å². The van der Waals surface area contributed by atoms with Crippen LogP contribution >= 0.6 is 0 Å². The zero-order valence-corrected chi connectivity index (χ0v) is 14.1. The van der Waals surface area contributed by atoms with Crippen LogP contribution in [-0.4, -0.2) is 18.0 Å². The molecule has 3 aromatic rings. The highest BCUT2D eigenvalue weighted by atomic mass is 16.5. The molecule has 0 saturated heterocycles. The van der Waals surface area contributed by atoms with Crippen LogP contribution in [0.2, 0.25) is 0 Å². The number of para-hydroxylation sites is 2. The van der Waals surface area contributed by atoms with Crippen molar-refractivity contribution in [1.82, 2.24) is 4.98 Å². The zero-order valence-electron chi connectivity index (χ0n) is 14.1. The normalized spacial score (nSPS) is 10.2. The lowest BCUT2D eigenvalue weighted by Gasteiger charge is -2.11. The number of carbonyl (C=O) groups excluding carboxylic acids is 1. The second kappa shape index (κ2) is 7.49. The van der Waals surface area contributed by atoms with E-state index in [2.05, 4.69) is 15.6 Å². The van der Waals surface area contributed by atoms with Crippen LogP contribution in [0.15, 0.2) is 66.9 Å². The number of aryl methyl sites for hydroxylation is 1. The van der Waals surface area contributed by atoms with Gasteiger partial charge in [-0.15, -0.1) is 0 Å². The SMILES string of the molecule is COc1ccccc1Nc1ccc(C(=O)Nc2cccc(C)c2)nc1. The predicted octanol–water partition coefficient (Wildman–Crippen LogP) is 4.39. The molecule has 5 heteroatoms. The van der Waals surface area contributed by atoms with Gasteiger partial charge in [-0.05, 0) is 48.9 Å². The third-order valence-electron chi connectivity index (χ3n) is 3.66. The number of aromatic nitrogens is 1. The van der Waals surface area contributed by atoms with Crippen molar-refractivity contribution in [3.63, 3.8) is 0 Å². The highest BCUT2D eigenvalue weighted by Crippen LogP contribution is 2.26. The fourth-order valence-corrected chi connectivity index (χ4v) is 2.42. The van der Waals surface area contributed by atoms with Gasteiger partial charge in [0.2, 0.25) is 0 Å². The fourth-order valence-electron chi connectivity index (χ4n) is 2.42. The van der Waals surface area contributed by atoms with Crippen LogP contribution in [0, 0.1) is 6.92 Å². The summed E-state index contributed by atoms with van der Waals surface area (Å²) in [4.78, 5) is 16.5. The topological polar surface area (TPSA) is 63.2 Å². The number of carbonyl (C=O) groups is 1. The number of nitrogens with zero attached hydrogens (tertiary/aromatic N) is 1. The molecule has 2 aromatic carbocycles. The van der Waals surface area contributed by atoms with E-state index in [-0.39, 0.29) is 5.91 Å². The van der Waals surface area contributed by atoms with Crippen molar-refractivity contribution < 1.29 is 9.53 Å². The van der Waals surface area contributed by atoms with Crippen LogP contribution in [0.5, 0.6) is 5.75 Å². The summed E-state index contributed by atoms with van der Waals surface area (Å²) in [7, 11) is 1.62. The number of rotatable bonds is 5. The minimum absolute atomic E-state index is 0.241. The minimum atomic E-state index is -0.241. The van der Waals surface area contributed by atoms with Crippen molar-refractivity contribution in [2.75, 3.05) is 17.7 Å². The van der Waals surface area contributed by atoms with E-state index < -0.39 is 0 Å². The molecule has 2 N–H and O–H groups in total. The summed E-state index contributed by atoms with van der Waals surface area (Å²) in [5, 5.41) is 6.07. The van der Waals surface area contributed by atoms with Gasteiger partial charge in [0.15, 0.2) is 0 Å². The Hall–Kier alpha value is -3.34. The molecule has 0 saturated carbocycles. The summed E-state index contributed by atoms with van der Waals surface area (Å²) in [6, 6.07) is 18.7. The van der Waals surface area contributed by atoms with Gasteiger partial charge in [-0.2, -0.15) is 0 Å². The molecule has 126 valence electrons. The first-order chi connectivity index (χ1) is 12.2. The summed E-state index contributed by atoms with van der Waals surface area (Å²) in [5.74, 6) is 0.498. The summed E-state index contributed by atoms with van der Waals surface area (Å²) in [6.45, 7) is 1.98. The Kier molecular flexibility index (Phi) is 4.95. The molecule has 1 aromatic heterocycles. The quantitative estimate of drug-likeness (QED) is 0.727. The van der Waals surface area contributed by atoms with Gasteiger partial charge in [-0.25, -0.2) is 4.98 Å². The summed E-state index contributed by atoms with van der Waals surface area (Å²) in [5.41, 5.74) is 3.80. The number of methoxy groups -OCH3 is 1. The molecule has 3 rings (SSSR count). The molecule has 0 aliphatic heterocycles. The molecular weight excluding hydrogens is 314 g/mol. The monoisotopic (exact) mass is 333 g/mol. The van der Waals surface area contributed by atoms with Gasteiger partial charge in [0.25, 0.3) is 5.91 Å². The predicted molar refractivity (Wildman–Crippen MR) is 99.6 cm³/mol.